The summed E-state index contributed by atoms with van der Waals surface area (Å²) in [5, 5.41) is 12.9. The van der Waals surface area contributed by atoms with Crippen molar-refractivity contribution in [1.82, 2.24) is 9.88 Å². The molecule has 2 saturated carbocycles. The van der Waals surface area contributed by atoms with Gasteiger partial charge in [-0.15, -0.1) is 0 Å². The molecule has 0 spiro atoms. The molecule has 0 aromatic carbocycles. The lowest BCUT2D eigenvalue weighted by Gasteiger charge is -2.27. The molecule has 0 bridgehead atoms. The lowest BCUT2D eigenvalue weighted by atomic mass is 9.86. The second-order valence-corrected chi connectivity index (χ2v) is 6.12. The van der Waals surface area contributed by atoms with Gasteiger partial charge in [0.1, 0.15) is 5.69 Å². The second kappa shape index (κ2) is 5.48. The first-order chi connectivity index (χ1) is 9.65. The summed E-state index contributed by atoms with van der Waals surface area (Å²) in [4.78, 5) is 12.3. The molecule has 4 N–H and O–H groups in total. The number of hydrogen-bond donors (Lipinski definition) is 3. The SMILES string of the molecule is Nc1cc(C(=O)NCC2CCCCC2O)n(C2CC2)c1. The van der Waals surface area contributed by atoms with Gasteiger partial charge in [0.15, 0.2) is 0 Å². The van der Waals surface area contributed by atoms with Gasteiger partial charge in [-0.1, -0.05) is 12.8 Å². The molecule has 1 amide bonds. The van der Waals surface area contributed by atoms with Crippen molar-refractivity contribution < 1.29 is 9.90 Å². The monoisotopic (exact) mass is 277 g/mol. The van der Waals surface area contributed by atoms with E-state index in [2.05, 4.69) is 5.32 Å². The fraction of sp³-hybridized carbons (Fsp3) is 0.667. The molecular formula is C15H23N3O2. The number of carbonyl (C=O) groups excluding carboxylic acids is 1. The largest absolute Gasteiger partial charge is 0.397 e. The molecule has 1 heterocycles. The predicted octanol–water partition coefficient (Wildman–Crippen LogP) is 1.69. The average molecular weight is 277 g/mol. The Bertz CT molecular complexity index is 493. The topological polar surface area (TPSA) is 80.3 Å². The van der Waals surface area contributed by atoms with E-state index in [1.807, 2.05) is 10.8 Å². The number of aliphatic hydroxyl groups excluding tert-OH is 1. The number of hydrogen-bond acceptors (Lipinski definition) is 3. The van der Waals surface area contributed by atoms with E-state index in [1.165, 1.54) is 0 Å². The van der Waals surface area contributed by atoms with Gasteiger partial charge in [-0.25, -0.2) is 0 Å². The highest BCUT2D eigenvalue weighted by Gasteiger charge is 2.28. The van der Waals surface area contributed by atoms with E-state index in [9.17, 15) is 9.90 Å². The van der Waals surface area contributed by atoms with Crippen LogP contribution in [0.25, 0.3) is 0 Å². The summed E-state index contributed by atoms with van der Waals surface area (Å²) in [5.74, 6) is 0.112. The number of aromatic nitrogens is 1. The molecule has 110 valence electrons. The maximum atomic E-state index is 12.3. The van der Waals surface area contributed by atoms with Crippen LogP contribution in [0, 0.1) is 5.92 Å². The Labute approximate surface area is 119 Å². The highest BCUT2D eigenvalue weighted by molar-refractivity contribution is 5.93. The maximum absolute atomic E-state index is 12.3. The smallest absolute Gasteiger partial charge is 0.268 e. The molecule has 5 heteroatoms. The number of nitrogens with two attached hydrogens (primary N) is 1. The van der Waals surface area contributed by atoms with Crippen molar-refractivity contribution in [2.75, 3.05) is 12.3 Å². The van der Waals surface area contributed by atoms with Gasteiger partial charge >= 0.3 is 0 Å². The minimum atomic E-state index is -0.274. The fourth-order valence-corrected chi connectivity index (χ4v) is 3.08. The normalized spacial score (nSPS) is 26.4. The van der Waals surface area contributed by atoms with Crippen molar-refractivity contribution in [3.8, 4) is 0 Å². The summed E-state index contributed by atoms with van der Waals surface area (Å²) in [5.41, 5.74) is 7.09. The second-order valence-electron chi connectivity index (χ2n) is 6.12. The third-order valence-corrected chi connectivity index (χ3v) is 4.44. The van der Waals surface area contributed by atoms with Crippen LogP contribution in [-0.2, 0) is 0 Å². The molecule has 2 fully saturated rings. The maximum Gasteiger partial charge on any atom is 0.268 e. The van der Waals surface area contributed by atoms with E-state index in [0.717, 1.165) is 38.5 Å². The summed E-state index contributed by atoms with van der Waals surface area (Å²) in [6, 6.07) is 2.18. The van der Waals surface area contributed by atoms with Gasteiger partial charge in [0, 0.05) is 24.7 Å². The van der Waals surface area contributed by atoms with Crippen molar-refractivity contribution in [2.24, 2.45) is 5.92 Å². The third kappa shape index (κ3) is 2.82. The first-order valence-electron chi connectivity index (χ1n) is 7.59. The molecule has 0 saturated heterocycles. The van der Waals surface area contributed by atoms with Crippen LogP contribution in [0.3, 0.4) is 0 Å². The van der Waals surface area contributed by atoms with E-state index in [-0.39, 0.29) is 17.9 Å². The van der Waals surface area contributed by atoms with Crippen LogP contribution < -0.4 is 11.1 Å². The lowest BCUT2D eigenvalue weighted by molar-refractivity contribution is 0.0660. The van der Waals surface area contributed by atoms with Gasteiger partial charge in [-0.05, 0) is 31.7 Å². The van der Waals surface area contributed by atoms with Crippen molar-refractivity contribution >= 4 is 11.6 Å². The molecule has 1 aromatic heterocycles. The molecule has 5 nitrogen and oxygen atoms in total. The van der Waals surface area contributed by atoms with Gasteiger partial charge in [0.2, 0.25) is 0 Å². The highest BCUT2D eigenvalue weighted by atomic mass is 16.3. The Morgan fingerprint density at radius 2 is 2.10 bits per heavy atom. The Balaban J connectivity index is 1.61. The average Bonchev–Trinajstić information content (AvgIpc) is 3.20. The molecule has 2 unspecified atom stereocenters. The Kier molecular flexibility index (Phi) is 3.70. The van der Waals surface area contributed by atoms with E-state index < -0.39 is 0 Å². The van der Waals surface area contributed by atoms with E-state index in [1.54, 1.807) is 6.07 Å². The number of rotatable bonds is 4. The minimum Gasteiger partial charge on any atom is -0.397 e. The third-order valence-electron chi connectivity index (χ3n) is 4.44. The van der Waals surface area contributed by atoms with E-state index in [0.29, 0.717) is 24.0 Å². The van der Waals surface area contributed by atoms with Crippen LogP contribution in [-0.4, -0.2) is 28.2 Å². The lowest BCUT2D eigenvalue weighted by Crippen LogP contribution is -2.37. The van der Waals surface area contributed by atoms with Crippen LogP contribution in [0.2, 0.25) is 0 Å². The first-order valence-corrected chi connectivity index (χ1v) is 7.59. The number of nitrogens with zero attached hydrogens (tertiary/aromatic N) is 1. The zero-order chi connectivity index (χ0) is 14.1. The van der Waals surface area contributed by atoms with Gasteiger partial charge < -0.3 is 20.7 Å². The predicted molar refractivity (Wildman–Crippen MR) is 77.4 cm³/mol. The number of nitrogens with one attached hydrogen (secondary N) is 1. The summed E-state index contributed by atoms with van der Waals surface area (Å²) in [7, 11) is 0. The van der Waals surface area contributed by atoms with Crippen LogP contribution in [0.15, 0.2) is 12.3 Å². The molecule has 20 heavy (non-hydrogen) atoms. The van der Waals surface area contributed by atoms with Crippen LogP contribution in [0.5, 0.6) is 0 Å². The number of anilines is 1. The van der Waals surface area contributed by atoms with Crippen molar-refractivity contribution in [3.63, 3.8) is 0 Å². The molecule has 0 radical (unpaired) electrons. The molecule has 2 atom stereocenters. The number of amides is 1. The fourth-order valence-electron chi connectivity index (χ4n) is 3.08. The van der Waals surface area contributed by atoms with E-state index >= 15 is 0 Å². The van der Waals surface area contributed by atoms with Gasteiger partial charge in [0.25, 0.3) is 5.91 Å². The standard InChI is InChI=1S/C15H23N3O2/c16-11-7-13(18(9-11)12-5-6-12)15(20)17-8-10-3-1-2-4-14(10)19/h7,9-10,12,14,19H,1-6,8,16H2,(H,17,20). The quantitative estimate of drug-likeness (QED) is 0.783. The zero-order valence-corrected chi connectivity index (χ0v) is 11.7. The molecule has 0 aliphatic heterocycles. The highest BCUT2D eigenvalue weighted by Crippen LogP contribution is 2.37. The Hall–Kier alpha value is -1.49. The summed E-state index contributed by atoms with van der Waals surface area (Å²) >= 11 is 0. The van der Waals surface area contributed by atoms with Gasteiger partial charge in [-0.3, -0.25) is 4.79 Å². The number of carbonyl (C=O) groups is 1. The van der Waals surface area contributed by atoms with Crippen molar-refractivity contribution in [2.45, 2.75) is 50.7 Å². The van der Waals surface area contributed by atoms with Gasteiger partial charge in [0.05, 0.1) is 11.8 Å². The van der Waals surface area contributed by atoms with Gasteiger partial charge in [-0.2, -0.15) is 0 Å². The summed E-state index contributed by atoms with van der Waals surface area (Å²) < 4.78 is 1.99. The summed E-state index contributed by atoms with van der Waals surface area (Å²) in [6.07, 6.45) is 7.90. The minimum absolute atomic E-state index is 0.0774. The van der Waals surface area contributed by atoms with Crippen LogP contribution in [0.4, 0.5) is 5.69 Å². The Morgan fingerprint density at radius 3 is 2.80 bits per heavy atom. The number of aliphatic hydroxyl groups is 1. The van der Waals surface area contributed by atoms with Crippen molar-refractivity contribution in [1.29, 1.82) is 0 Å². The zero-order valence-electron chi connectivity index (χ0n) is 11.7. The first kappa shape index (κ1) is 13.5. The molecule has 3 rings (SSSR count). The van der Waals surface area contributed by atoms with Crippen LogP contribution in [0.1, 0.15) is 55.1 Å². The van der Waals surface area contributed by atoms with E-state index in [4.69, 9.17) is 5.73 Å². The molecule has 1 aromatic rings. The molecule has 2 aliphatic rings. The Morgan fingerprint density at radius 1 is 1.35 bits per heavy atom. The molecule has 2 aliphatic carbocycles. The molecular weight excluding hydrogens is 254 g/mol. The van der Waals surface area contributed by atoms with Crippen molar-refractivity contribution in [3.05, 3.63) is 18.0 Å². The number of nitrogen functional groups attached to an aromatic ring is 1. The van der Waals surface area contributed by atoms with Crippen LogP contribution >= 0.6 is 0 Å². The summed E-state index contributed by atoms with van der Waals surface area (Å²) in [6.45, 7) is 0.551.